The maximum atomic E-state index is 12.2. The molecule has 1 N–H and O–H groups in total. The number of aryl methyl sites for hydroxylation is 1. The molecule has 0 heterocycles. The van der Waals surface area contributed by atoms with Crippen molar-refractivity contribution in [2.75, 3.05) is 18.5 Å². The monoisotopic (exact) mass is 382 g/mol. The van der Waals surface area contributed by atoms with Crippen LogP contribution in [0.15, 0.2) is 48.5 Å². The second kappa shape index (κ2) is 10.3. The van der Waals surface area contributed by atoms with Gasteiger partial charge in [-0.15, -0.1) is 0 Å². The Morgan fingerprint density at radius 3 is 2.32 bits per heavy atom. The third-order valence-electron chi connectivity index (χ3n) is 4.36. The number of carbonyl (C=O) groups excluding carboxylic acids is 3. The van der Waals surface area contributed by atoms with Crippen molar-refractivity contribution in [2.24, 2.45) is 0 Å². The van der Waals surface area contributed by atoms with Crippen molar-refractivity contribution >= 4 is 23.5 Å². The molecule has 2 amide bonds. The van der Waals surface area contributed by atoms with Crippen LogP contribution in [0.4, 0.5) is 5.69 Å². The molecule has 0 spiro atoms. The van der Waals surface area contributed by atoms with Crippen LogP contribution in [0, 0.1) is 6.92 Å². The number of ether oxygens (including phenoxy) is 1. The first-order valence-electron chi connectivity index (χ1n) is 9.27. The molecule has 2 aromatic carbocycles. The van der Waals surface area contributed by atoms with Crippen molar-refractivity contribution in [2.45, 2.75) is 33.7 Å². The minimum absolute atomic E-state index is 0.0742. The zero-order valence-electron chi connectivity index (χ0n) is 16.5. The standard InChI is InChI=1S/C22H26N2O4/c1-4-28-22(27)18-9-11-20(12-10-18)23-21(26)13-14-24(17(3)25)15-19-8-6-5-7-16(19)2/h5-12H,4,13-15H2,1-3H3,(H,23,26). The van der Waals surface area contributed by atoms with E-state index < -0.39 is 5.97 Å². The van der Waals surface area contributed by atoms with Crippen LogP contribution in [0.2, 0.25) is 0 Å². The molecule has 0 bridgehead atoms. The Bertz CT molecular complexity index is 831. The van der Waals surface area contributed by atoms with Crippen molar-refractivity contribution in [3.05, 3.63) is 65.2 Å². The van der Waals surface area contributed by atoms with E-state index in [1.54, 1.807) is 36.1 Å². The van der Waals surface area contributed by atoms with E-state index in [9.17, 15) is 14.4 Å². The van der Waals surface area contributed by atoms with E-state index in [2.05, 4.69) is 5.32 Å². The molecule has 0 saturated heterocycles. The summed E-state index contributed by atoms with van der Waals surface area (Å²) in [7, 11) is 0. The largest absolute Gasteiger partial charge is 0.462 e. The minimum atomic E-state index is -0.395. The smallest absolute Gasteiger partial charge is 0.338 e. The second-order valence-electron chi connectivity index (χ2n) is 6.46. The fraction of sp³-hybridized carbons (Fsp3) is 0.318. The molecule has 0 aromatic heterocycles. The van der Waals surface area contributed by atoms with Crippen molar-refractivity contribution in [1.82, 2.24) is 4.90 Å². The van der Waals surface area contributed by atoms with Gasteiger partial charge in [-0.1, -0.05) is 24.3 Å². The van der Waals surface area contributed by atoms with E-state index in [4.69, 9.17) is 4.74 Å². The van der Waals surface area contributed by atoms with Crippen molar-refractivity contribution in [3.63, 3.8) is 0 Å². The van der Waals surface area contributed by atoms with Gasteiger partial charge < -0.3 is 15.0 Å². The van der Waals surface area contributed by atoms with Gasteiger partial charge >= 0.3 is 5.97 Å². The SMILES string of the molecule is CCOC(=O)c1ccc(NC(=O)CCN(Cc2ccccc2C)C(C)=O)cc1. The maximum absolute atomic E-state index is 12.2. The Morgan fingerprint density at radius 2 is 1.71 bits per heavy atom. The van der Waals surface area contributed by atoms with Crippen molar-refractivity contribution in [3.8, 4) is 0 Å². The normalized spacial score (nSPS) is 10.2. The highest BCUT2D eigenvalue weighted by Gasteiger charge is 2.13. The summed E-state index contributed by atoms with van der Waals surface area (Å²) in [6, 6.07) is 14.4. The summed E-state index contributed by atoms with van der Waals surface area (Å²) in [6.45, 7) is 6.37. The van der Waals surface area contributed by atoms with Crippen LogP contribution in [-0.4, -0.2) is 35.8 Å². The van der Waals surface area contributed by atoms with Gasteiger partial charge in [-0.3, -0.25) is 9.59 Å². The van der Waals surface area contributed by atoms with Gasteiger partial charge in [0, 0.05) is 32.1 Å². The van der Waals surface area contributed by atoms with E-state index in [0.29, 0.717) is 30.9 Å². The Balaban J connectivity index is 1.90. The topological polar surface area (TPSA) is 75.7 Å². The van der Waals surface area contributed by atoms with Crippen LogP contribution in [0.3, 0.4) is 0 Å². The summed E-state index contributed by atoms with van der Waals surface area (Å²) in [4.78, 5) is 37.5. The van der Waals surface area contributed by atoms with Gasteiger partial charge in [-0.05, 0) is 49.2 Å². The highest BCUT2D eigenvalue weighted by atomic mass is 16.5. The number of amides is 2. The molecule has 0 atom stereocenters. The molecule has 2 aromatic rings. The molecular weight excluding hydrogens is 356 g/mol. The van der Waals surface area contributed by atoms with Crippen LogP contribution in [0.25, 0.3) is 0 Å². The van der Waals surface area contributed by atoms with Crippen LogP contribution < -0.4 is 5.32 Å². The van der Waals surface area contributed by atoms with Crippen LogP contribution in [0.5, 0.6) is 0 Å². The number of anilines is 1. The summed E-state index contributed by atoms with van der Waals surface area (Å²) < 4.78 is 4.93. The molecule has 148 valence electrons. The van der Waals surface area contributed by atoms with Crippen LogP contribution >= 0.6 is 0 Å². The number of nitrogens with zero attached hydrogens (tertiary/aromatic N) is 1. The first-order valence-corrected chi connectivity index (χ1v) is 9.27. The molecule has 0 saturated carbocycles. The molecule has 0 radical (unpaired) electrons. The highest BCUT2D eigenvalue weighted by molar-refractivity contribution is 5.93. The quantitative estimate of drug-likeness (QED) is 0.709. The highest BCUT2D eigenvalue weighted by Crippen LogP contribution is 2.13. The first kappa shape index (κ1) is 21.2. The molecule has 0 fully saturated rings. The molecule has 0 aliphatic carbocycles. The third-order valence-corrected chi connectivity index (χ3v) is 4.36. The Hall–Kier alpha value is -3.15. The average molecular weight is 382 g/mol. The number of esters is 1. The van der Waals surface area contributed by atoms with Gasteiger partial charge in [0.15, 0.2) is 0 Å². The molecule has 2 rings (SSSR count). The van der Waals surface area contributed by atoms with Gasteiger partial charge in [0.2, 0.25) is 11.8 Å². The molecule has 6 heteroatoms. The Labute approximate surface area is 165 Å². The number of hydrogen-bond donors (Lipinski definition) is 1. The third kappa shape index (κ3) is 6.23. The van der Waals surface area contributed by atoms with E-state index in [1.807, 2.05) is 31.2 Å². The van der Waals surface area contributed by atoms with E-state index in [1.165, 1.54) is 6.92 Å². The summed E-state index contributed by atoms with van der Waals surface area (Å²) in [5, 5.41) is 2.78. The second-order valence-corrected chi connectivity index (χ2v) is 6.46. The van der Waals surface area contributed by atoms with Crippen LogP contribution in [0.1, 0.15) is 41.8 Å². The Morgan fingerprint density at radius 1 is 1.04 bits per heavy atom. The number of carbonyl (C=O) groups is 3. The van der Waals surface area contributed by atoms with Crippen molar-refractivity contribution < 1.29 is 19.1 Å². The first-order chi connectivity index (χ1) is 13.4. The van der Waals surface area contributed by atoms with E-state index in [0.717, 1.165) is 11.1 Å². The average Bonchev–Trinajstić information content (AvgIpc) is 2.67. The summed E-state index contributed by atoms with van der Waals surface area (Å²) in [6.07, 6.45) is 0.186. The molecule has 0 unspecified atom stereocenters. The Kier molecular flexibility index (Phi) is 7.75. The summed E-state index contributed by atoms with van der Waals surface area (Å²) in [5.41, 5.74) is 3.19. The number of nitrogens with one attached hydrogen (secondary N) is 1. The maximum Gasteiger partial charge on any atom is 0.338 e. The van der Waals surface area contributed by atoms with Crippen LogP contribution in [-0.2, 0) is 20.9 Å². The van der Waals surface area contributed by atoms with Crippen molar-refractivity contribution in [1.29, 1.82) is 0 Å². The number of rotatable bonds is 8. The zero-order chi connectivity index (χ0) is 20.5. The van der Waals surface area contributed by atoms with E-state index in [-0.39, 0.29) is 18.2 Å². The van der Waals surface area contributed by atoms with Gasteiger partial charge in [0.05, 0.1) is 12.2 Å². The molecule has 0 aliphatic rings. The lowest BCUT2D eigenvalue weighted by atomic mass is 10.1. The van der Waals surface area contributed by atoms with Gasteiger partial charge in [0.25, 0.3) is 0 Å². The fourth-order valence-corrected chi connectivity index (χ4v) is 2.71. The molecule has 28 heavy (non-hydrogen) atoms. The number of hydrogen-bond acceptors (Lipinski definition) is 4. The fourth-order valence-electron chi connectivity index (χ4n) is 2.71. The summed E-state index contributed by atoms with van der Waals surface area (Å²) >= 11 is 0. The lowest BCUT2D eigenvalue weighted by Gasteiger charge is -2.22. The predicted molar refractivity (Wildman–Crippen MR) is 108 cm³/mol. The van der Waals surface area contributed by atoms with Gasteiger partial charge in [-0.2, -0.15) is 0 Å². The number of benzene rings is 2. The lowest BCUT2D eigenvalue weighted by Crippen LogP contribution is -2.31. The molecular formula is C22H26N2O4. The lowest BCUT2D eigenvalue weighted by molar-refractivity contribution is -0.129. The molecule has 0 aliphatic heterocycles. The molecule has 6 nitrogen and oxygen atoms in total. The zero-order valence-corrected chi connectivity index (χ0v) is 16.5. The van der Waals surface area contributed by atoms with Gasteiger partial charge in [-0.25, -0.2) is 4.79 Å². The summed E-state index contributed by atoms with van der Waals surface area (Å²) in [5.74, 6) is -0.663. The predicted octanol–water partition coefficient (Wildman–Crippen LogP) is 3.55. The minimum Gasteiger partial charge on any atom is -0.462 e. The van der Waals surface area contributed by atoms with E-state index >= 15 is 0 Å². The van der Waals surface area contributed by atoms with Gasteiger partial charge in [0.1, 0.15) is 0 Å².